The minimum Gasteiger partial charge on any atom is -0.343 e. The number of aromatic nitrogens is 1. The van der Waals surface area contributed by atoms with Crippen LogP contribution in [0.3, 0.4) is 0 Å². The number of allylic oxidation sites excluding steroid dienone is 1. The second kappa shape index (κ2) is 7.83. The van der Waals surface area contributed by atoms with Gasteiger partial charge in [0.25, 0.3) is 11.8 Å². The molecule has 150 valence electrons. The fraction of sp³-hybridized carbons (Fsp3) is 0.125. The maximum Gasteiger partial charge on any atom is 0.335 e. The molecule has 4 rings (SSSR count). The molecule has 0 unspecified atom stereocenters. The Morgan fingerprint density at radius 2 is 1.77 bits per heavy atom. The van der Waals surface area contributed by atoms with E-state index in [1.54, 1.807) is 24.3 Å². The molecule has 0 atom stereocenters. The first-order chi connectivity index (χ1) is 14.5. The van der Waals surface area contributed by atoms with E-state index in [4.69, 9.17) is 0 Å². The van der Waals surface area contributed by atoms with Crippen LogP contribution in [0.2, 0.25) is 0 Å². The molecule has 0 saturated carbocycles. The smallest absolute Gasteiger partial charge is 0.335 e. The van der Waals surface area contributed by atoms with Crippen molar-refractivity contribution >= 4 is 40.5 Å². The third kappa shape index (κ3) is 3.33. The Labute approximate surface area is 174 Å². The van der Waals surface area contributed by atoms with Crippen molar-refractivity contribution in [2.45, 2.75) is 19.9 Å². The van der Waals surface area contributed by atoms with Gasteiger partial charge in [0.05, 0.1) is 5.69 Å². The van der Waals surface area contributed by atoms with Gasteiger partial charge in [-0.3, -0.25) is 14.9 Å². The third-order valence-corrected chi connectivity index (χ3v) is 5.15. The van der Waals surface area contributed by atoms with Gasteiger partial charge in [-0.25, -0.2) is 9.69 Å². The molecule has 0 spiro atoms. The number of carbonyl (C=O) groups excluding carboxylic acids is 3. The molecule has 30 heavy (non-hydrogen) atoms. The minimum atomic E-state index is -0.750. The summed E-state index contributed by atoms with van der Waals surface area (Å²) < 4.78 is 1.99. The molecule has 3 aromatic rings. The number of benzene rings is 2. The lowest BCUT2D eigenvalue weighted by Crippen LogP contribution is -2.54. The summed E-state index contributed by atoms with van der Waals surface area (Å²) in [5.41, 5.74) is 3.11. The number of rotatable bonds is 5. The number of aryl methyl sites for hydroxylation is 1. The Morgan fingerprint density at radius 3 is 2.47 bits per heavy atom. The van der Waals surface area contributed by atoms with Crippen molar-refractivity contribution in [1.82, 2.24) is 9.88 Å². The fourth-order valence-corrected chi connectivity index (χ4v) is 3.61. The Hall–Kier alpha value is -3.93. The van der Waals surface area contributed by atoms with Crippen LogP contribution in [0.4, 0.5) is 10.5 Å². The number of urea groups is 1. The minimum absolute atomic E-state index is 0.0873. The van der Waals surface area contributed by atoms with Gasteiger partial charge in [0.15, 0.2) is 0 Å². The number of nitrogens with one attached hydrogen (secondary N) is 1. The van der Waals surface area contributed by atoms with Crippen molar-refractivity contribution < 1.29 is 14.4 Å². The first-order valence-corrected chi connectivity index (χ1v) is 9.72. The molecule has 4 amide bonds. The summed E-state index contributed by atoms with van der Waals surface area (Å²) >= 11 is 0. The van der Waals surface area contributed by atoms with Gasteiger partial charge in [-0.05, 0) is 36.3 Å². The number of anilines is 1. The molecule has 2 heterocycles. The van der Waals surface area contributed by atoms with Gasteiger partial charge in [-0.2, -0.15) is 0 Å². The summed E-state index contributed by atoms with van der Waals surface area (Å²) in [6.07, 6.45) is 6.04. The lowest BCUT2D eigenvalue weighted by Gasteiger charge is -2.26. The average molecular weight is 399 g/mol. The van der Waals surface area contributed by atoms with Gasteiger partial charge in [0, 0.05) is 29.2 Å². The molecule has 6 nitrogen and oxygen atoms in total. The number of para-hydroxylation sites is 1. The molecule has 0 bridgehead atoms. The number of barbiturate groups is 1. The Kier molecular flexibility index (Phi) is 5.06. The molecule has 0 radical (unpaired) electrons. The predicted molar refractivity (Wildman–Crippen MR) is 117 cm³/mol. The highest BCUT2D eigenvalue weighted by atomic mass is 16.2. The van der Waals surface area contributed by atoms with Crippen LogP contribution in [0.15, 0.2) is 73.0 Å². The molecule has 2 aromatic carbocycles. The number of nitrogens with zero attached hydrogens (tertiary/aromatic N) is 2. The number of fused-ring (bicyclic) bond motifs is 1. The van der Waals surface area contributed by atoms with Crippen molar-refractivity contribution in [3.63, 3.8) is 0 Å². The third-order valence-electron chi connectivity index (χ3n) is 5.15. The molecule has 1 aliphatic heterocycles. The zero-order valence-electron chi connectivity index (χ0n) is 16.6. The van der Waals surface area contributed by atoms with Gasteiger partial charge in [-0.15, -0.1) is 6.58 Å². The van der Waals surface area contributed by atoms with E-state index < -0.39 is 17.8 Å². The largest absolute Gasteiger partial charge is 0.343 e. The highest BCUT2D eigenvalue weighted by molar-refractivity contribution is 6.39. The fourth-order valence-electron chi connectivity index (χ4n) is 3.61. The first kappa shape index (κ1) is 19.4. The van der Waals surface area contributed by atoms with Crippen LogP contribution in [-0.2, 0) is 22.6 Å². The number of hydrogen-bond acceptors (Lipinski definition) is 3. The molecule has 1 aliphatic rings. The zero-order valence-corrected chi connectivity index (χ0v) is 16.6. The second-order valence-corrected chi connectivity index (χ2v) is 7.02. The SMILES string of the molecule is C=CCn1cc(/C=C2/C(=O)NC(=O)N(c3ccc(CC)cc3)C2=O)c2ccccc21. The topological polar surface area (TPSA) is 71.4 Å². The molecule has 0 aliphatic carbocycles. The number of imide groups is 2. The lowest BCUT2D eigenvalue weighted by atomic mass is 10.1. The molecule has 6 heteroatoms. The van der Waals surface area contributed by atoms with Crippen molar-refractivity contribution in [2.75, 3.05) is 4.90 Å². The predicted octanol–water partition coefficient (Wildman–Crippen LogP) is 4.06. The molecular formula is C24H21N3O3. The highest BCUT2D eigenvalue weighted by Crippen LogP contribution is 2.27. The summed E-state index contributed by atoms with van der Waals surface area (Å²) in [4.78, 5) is 39.0. The standard InChI is InChI=1S/C24H21N3O3/c1-3-13-26-15-17(19-7-5-6-8-21(19)26)14-20-22(28)25-24(30)27(23(20)29)18-11-9-16(4-2)10-12-18/h3,5-12,14-15H,1,4,13H2,2H3,(H,25,28,30)/b20-14-. The van der Waals surface area contributed by atoms with Crippen LogP contribution in [0.5, 0.6) is 0 Å². The Bertz CT molecular complexity index is 1200. The van der Waals surface area contributed by atoms with Crippen molar-refractivity contribution in [3.05, 3.63) is 84.1 Å². The average Bonchev–Trinajstić information content (AvgIpc) is 3.09. The molecular weight excluding hydrogens is 378 g/mol. The summed E-state index contributed by atoms with van der Waals surface area (Å²) in [6, 6.07) is 14.1. The molecule has 1 fully saturated rings. The maximum atomic E-state index is 13.1. The number of carbonyl (C=O) groups is 3. The highest BCUT2D eigenvalue weighted by Gasteiger charge is 2.36. The molecule has 1 saturated heterocycles. The summed E-state index contributed by atoms with van der Waals surface area (Å²) in [5, 5.41) is 3.18. The van der Waals surface area contributed by atoms with E-state index in [9.17, 15) is 14.4 Å². The maximum absolute atomic E-state index is 13.1. The summed E-state index contributed by atoms with van der Waals surface area (Å²) in [5.74, 6) is -1.35. The van der Waals surface area contributed by atoms with Gasteiger partial charge < -0.3 is 4.57 Å². The van der Waals surface area contributed by atoms with Crippen LogP contribution < -0.4 is 10.2 Å². The van der Waals surface area contributed by atoms with E-state index in [2.05, 4.69) is 11.9 Å². The monoisotopic (exact) mass is 399 g/mol. The van der Waals surface area contributed by atoms with Crippen LogP contribution in [0, 0.1) is 0 Å². The van der Waals surface area contributed by atoms with E-state index in [0.717, 1.165) is 33.4 Å². The first-order valence-electron chi connectivity index (χ1n) is 9.72. The number of hydrogen-bond donors (Lipinski definition) is 1. The van der Waals surface area contributed by atoms with Gasteiger partial charge in [0.2, 0.25) is 0 Å². The zero-order chi connectivity index (χ0) is 21.3. The van der Waals surface area contributed by atoms with E-state index in [1.165, 1.54) is 0 Å². The Balaban J connectivity index is 1.78. The number of amides is 4. The van der Waals surface area contributed by atoms with E-state index >= 15 is 0 Å². The molecule has 1 aromatic heterocycles. The van der Waals surface area contributed by atoms with Crippen LogP contribution in [-0.4, -0.2) is 22.4 Å². The van der Waals surface area contributed by atoms with Crippen molar-refractivity contribution in [2.24, 2.45) is 0 Å². The summed E-state index contributed by atoms with van der Waals surface area (Å²) in [7, 11) is 0. The van der Waals surface area contributed by atoms with E-state index in [1.807, 2.05) is 54.1 Å². The van der Waals surface area contributed by atoms with E-state index in [0.29, 0.717) is 12.2 Å². The Morgan fingerprint density at radius 1 is 1.03 bits per heavy atom. The van der Waals surface area contributed by atoms with Crippen molar-refractivity contribution in [3.8, 4) is 0 Å². The summed E-state index contributed by atoms with van der Waals surface area (Å²) in [6.45, 7) is 6.40. The van der Waals surface area contributed by atoms with E-state index in [-0.39, 0.29) is 5.57 Å². The van der Waals surface area contributed by atoms with Gasteiger partial charge in [0.1, 0.15) is 5.57 Å². The normalized spacial score (nSPS) is 15.7. The van der Waals surface area contributed by atoms with Crippen molar-refractivity contribution in [1.29, 1.82) is 0 Å². The van der Waals surface area contributed by atoms with Gasteiger partial charge in [-0.1, -0.05) is 43.3 Å². The quantitative estimate of drug-likeness (QED) is 0.400. The van der Waals surface area contributed by atoms with Crippen LogP contribution >= 0.6 is 0 Å². The second-order valence-electron chi connectivity index (χ2n) is 7.02. The molecule has 1 N–H and O–H groups in total. The lowest BCUT2D eigenvalue weighted by molar-refractivity contribution is -0.122. The van der Waals surface area contributed by atoms with Crippen LogP contribution in [0.1, 0.15) is 18.1 Å². The van der Waals surface area contributed by atoms with Crippen LogP contribution in [0.25, 0.3) is 17.0 Å². The van der Waals surface area contributed by atoms with Gasteiger partial charge >= 0.3 is 6.03 Å².